The second kappa shape index (κ2) is 8.27. The van der Waals surface area contributed by atoms with Gasteiger partial charge in [-0.2, -0.15) is 0 Å². The number of carbonyl (C=O) groups is 1. The van der Waals surface area contributed by atoms with Crippen molar-refractivity contribution in [1.29, 1.82) is 0 Å². The molecule has 1 aromatic carbocycles. The molecular weight excluding hydrogens is 331 g/mol. The maximum atomic E-state index is 13.0. The summed E-state index contributed by atoms with van der Waals surface area (Å²) >= 11 is 0. The number of likely N-dealkylation sites (tertiary alicyclic amines) is 1. The minimum atomic E-state index is -0.192. The molecule has 1 aromatic heterocycles. The Morgan fingerprint density at radius 1 is 1.19 bits per heavy atom. The van der Waals surface area contributed by atoms with Gasteiger partial charge in [0.15, 0.2) is 0 Å². The normalized spacial score (nSPS) is 15.7. The number of pyridine rings is 1. The summed E-state index contributed by atoms with van der Waals surface area (Å²) in [5.74, 6) is 0.568. The van der Waals surface area contributed by atoms with E-state index in [0.29, 0.717) is 11.6 Å². The van der Waals surface area contributed by atoms with Gasteiger partial charge in [0.1, 0.15) is 11.6 Å². The molecule has 138 valence electrons. The fourth-order valence-electron chi connectivity index (χ4n) is 3.16. The Morgan fingerprint density at radius 3 is 2.46 bits per heavy atom. The second-order valence-electron chi connectivity index (χ2n) is 6.95. The molecular formula is C20H25FN4O. The summed E-state index contributed by atoms with van der Waals surface area (Å²) < 4.78 is 13.0. The highest BCUT2D eigenvalue weighted by molar-refractivity contribution is 5.93. The van der Waals surface area contributed by atoms with E-state index in [9.17, 15) is 9.18 Å². The van der Waals surface area contributed by atoms with Crippen LogP contribution in [0.15, 0.2) is 42.6 Å². The third kappa shape index (κ3) is 4.79. The van der Waals surface area contributed by atoms with Crippen molar-refractivity contribution in [1.82, 2.24) is 14.8 Å². The molecule has 0 saturated carbocycles. The Bertz CT molecular complexity index is 722. The molecule has 1 saturated heterocycles. The lowest BCUT2D eigenvalue weighted by Gasteiger charge is -2.32. The molecule has 6 heteroatoms. The molecule has 0 atom stereocenters. The third-order valence-corrected chi connectivity index (χ3v) is 4.68. The zero-order valence-electron chi connectivity index (χ0n) is 15.3. The third-order valence-electron chi connectivity index (χ3n) is 4.68. The number of rotatable bonds is 5. The van der Waals surface area contributed by atoms with E-state index in [0.717, 1.165) is 43.9 Å². The summed E-state index contributed by atoms with van der Waals surface area (Å²) in [6.07, 6.45) is 3.68. The zero-order chi connectivity index (χ0) is 18.5. The van der Waals surface area contributed by atoms with E-state index in [4.69, 9.17) is 0 Å². The molecule has 1 fully saturated rings. The Morgan fingerprint density at radius 2 is 1.88 bits per heavy atom. The van der Waals surface area contributed by atoms with Crippen molar-refractivity contribution in [3.8, 4) is 0 Å². The summed E-state index contributed by atoms with van der Waals surface area (Å²) in [5.41, 5.74) is 1.73. The summed E-state index contributed by atoms with van der Waals surface area (Å²) in [6, 6.07) is 10.8. The van der Waals surface area contributed by atoms with Crippen molar-refractivity contribution in [2.75, 3.05) is 32.5 Å². The van der Waals surface area contributed by atoms with Crippen LogP contribution in [0.4, 0.5) is 10.2 Å². The van der Waals surface area contributed by atoms with Gasteiger partial charge in [0.2, 0.25) is 0 Å². The smallest absolute Gasteiger partial charge is 0.254 e. The van der Waals surface area contributed by atoms with Crippen LogP contribution in [0, 0.1) is 5.82 Å². The number of benzene rings is 1. The summed E-state index contributed by atoms with van der Waals surface area (Å²) in [7, 11) is 3.46. The number of amides is 1. The van der Waals surface area contributed by atoms with Gasteiger partial charge in [0.05, 0.1) is 5.56 Å². The molecule has 0 bridgehead atoms. The number of halogens is 1. The summed E-state index contributed by atoms with van der Waals surface area (Å²) in [5, 5.41) is 3.46. The first-order valence-electron chi connectivity index (χ1n) is 8.92. The van der Waals surface area contributed by atoms with Crippen molar-refractivity contribution in [3.63, 3.8) is 0 Å². The first-order chi connectivity index (χ1) is 12.5. The number of anilines is 1. The van der Waals surface area contributed by atoms with Crippen LogP contribution in [0.2, 0.25) is 0 Å². The maximum absolute atomic E-state index is 13.0. The lowest BCUT2D eigenvalue weighted by Crippen LogP contribution is -2.38. The molecule has 1 aliphatic heterocycles. The first kappa shape index (κ1) is 18.3. The number of aromatic nitrogens is 1. The number of piperidine rings is 1. The van der Waals surface area contributed by atoms with E-state index in [-0.39, 0.29) is 11.7 Å². The van der Waals surface area contributed by atoms with Crippen LogP contribution in [0.1, 0.15) is 28.8 Å². The van der Waals surface area contributed by atoms with Crippen molar-refractivity contribution in [2.24, 2.45) is 0 Å². The van der Waals surface area contributed by atoms with Crippen molar-refractivity contribution < 1.29 is 9.18 Å². The van der Waals surface area contributed by atoms with Crippen LogP contribution >= 0.6 is 0 Å². The van der Waals surface area contributed by atoms with Crippen LogP contribution < -0.4 is 5.32 Å². The first-order valence-corrected chi connectivity index (χ1v) is 8.92. The van der Waals surface area contributed by atoms with Crippen molar-refractivity contribution in [2.45, 2.75) is 25.4 Å². The predicted octanol–water partition coefficient (Wildman–Crippen LogP) is 3.00. The quantitative estimate of drug-likeness (QED) is 0.895. The molecule has 0 spiro atoms. The van der Waals surface area contributed by atoms with Crippen LogP contribution in [-0.4, -0.2) is 53.9 Å². The minimum absolute atomic E-state index is 0.0434. The fourth-order valence-corrected chi connectivity index (χ4v) is 3.16. The van der Waals surface area contributed by atoms with Gasteiger partial charge in [-0.15, -0.1) is 0 Å². The van der Waals surface area contributed by atoms with Gasteiger partial charge in [0.25, 0.3) is 5.91 Å². The number of nitrogens with one attached hydrogen (secondary N) is 1. The van der Waals surface area contributed by atoms with E-state index in [2.05, 4.69) is 15.2 Å². The average molecular weight is 356 g/mol. The Kier molecular flexibility index (Phi) is 5.83. The Hall–Kier alpha value is -2.47. The second-order valence-corrected chi connectivity index (χ2v) is 6.95. The lowest BCUT2D eigenvalue weighted by molar-refractivity contribution is 0.0827. The van der Waals surface area contributed by atoms with E-state index in [1.807, 2.05) is 18.2 Å². The standard InChI is InChI=1S/C20H25FN4O/c1-24(2)20(26)16-5-8-19(22-13-16)23-18-9-11-25(12-10-18)14-15-3-6-17(21)7-4-15/h3-8,13,18H,9-12,14H2,1-2H3,(H,22,23). The highest BCUT2D eigenvalue weighted by atomic mass is 19.1. The maximum Gasteiger partial charge on any atom is 0.254 e. The van der Waals surface area contributed by atoms with Crippen LogP contribution in [-0.2, 0) is 6.54 Å². The molecule has 1 amide bonds. The molecule has 2 heterocycles. The van der Waals surface area contributed by atoms with Crippen molar-refractivity contribution in [3.05, 3.63) is 59.5 Å². The lowest BCUT2D eigenvalue weighted by atomic mass is 10.0. The highest BCUT2D eigenvalue weighted by Crippen LogP contribution is 2.18. The molecule has 26 heavy (non-hydrogen) atoms. The van der Waals surface area contributed by atoms with Gasteiger partial charge in [-0.05, 0) is 42.7 Å². The number of hydrogen-bond acceptors (Lipinski definition) is 4. The fraction of sp³-hybridized carbons (Fsp3) is 0.400. The number of carbonyl (C=O) groups excluding carboxylic acids is 1. The van der Waals surface area contributed by atoms with Crippen LogP contribution in [0.3, 0.4) is 0 Å². The van der Waals surface area contributed by atoms with Gasteiger partial charge in [0, 0.05) is 46.0 Å². The molecule has 5 nitrogen and oxygen atoms in total. The van der Waals surface area contributed by atoms with E-state index >= 15 is 0 Å². The summed E-state index contributed by atoms with van der Waals surface area (Å²) in [6.45, 7) is 2.84. The minimum Gasteiger partial charge on any atom is -0.367 e. The monoisotopic (exact) mass is 356 g/mol. The Labute approximate surface area is 153 Å². The molecule has 3 rings (SSSR count). The molecule has 0 radical (unpaired) electrons. The van der Waals surface area contributed by atoms with E-state index < -0.39 is 0 Å². The summed E-state index contributed by atoms with van der Waals surface area (Å²) in [4.78, 5) is 20.2. The van der Waals surface area contributed by atoms with Gasteiger partial charge in [-0.1, -0.05) is 12.1 Å². The van der Waals surface area contributed by atoms with Gasteiger partial charge in [-0.3, -0.25) is 9.69 Å². The van der Waals surface area contributed by atoms with Gasteiger partial charge in [-0.25, -0.2) is 9.37 Å². The predicted molar refractivity (Wildman–Crippen MR) is 101 cm³/mol. The SMILES string of the molecule is CN(C)C(=O)c1ccc(NC2CCN(Cc3ccc(F)cc3)CC2)nc1. The largest absolute Gasteiger partial charge is 0.367 e. The molecule has 0 aliphatic carbocycles. The molecule has 0 unspecified atom stereocenters. The molecule has 2 aromatic rings. The Balaban J connectivity index is 1.48. The van der Waals surface area contributed by atoms with E-state index in [1.165, 1.54) is 12.1 Å². The zero-order valence-corrected chi connectivity index (χ0v) is 15.3. The van der Waals surface area contributed by atoms with Crippen LogP contribution in [0.5, 0.6) is 0 Å². The topological polar surface area (TPSA) is 48.5 Å². The van der Waals surface area contributed by atoms with Crippen molar-refractivity contribution >= 4 is 11.7 Å². The molecule has 1 N–H and O–H groups in total. The van der Waals surface area contributed by atoms with Gasteiger partial charge < -0.3 is 10.2 Å². The van der Waals surface area contributed by atoms with E-state index in [1.54, 1.807) is 31.3 Å². The number of hydrogen-bond donors (Lipinski definition) is 1. The average Bonchev–Trinajstić information content (AvgIpc) is 2.65. The number of nitrogens with zero attached hydrogens (tertiary/aromatic N) is 3. The van der Waals surface area contributed by atoms with Crippen LogP contribution in [0.25, 0.3) is 0 Å². The van der Waals surface area contributed by atoms with Gasteiger partial charge >= 0.3 is 0 Å². The highest BCUT2D eigenvalue weighted by Gasteiger charge is 2.19. The molecule has 1 aliphatic rings.